The van der Waals surface area contributed by atoms with E-state index in [1.165, 1.54) is 11.8 Å². The van der Waals surface area contributed by atoms with E-state index in [9.17, 15) is 4.79 Å². The average molecular weight is 243 g/mol. The third-order valence-corrected chi connectivity index (χ3v) is 3.50. The van der Waals surface area contributed by atoms with Crippen LogP contribution >= 0.6 is 11.8 Å². The average Bonchev–Trinajstić information content (AvgIpc) is 2.66. The first kappa shape index (κ1) is 13.1. The summed E-state index contributed by atoms with van der Waals surface area (Å²) in [7, 11) is 1.81. The highest BCUT2D eigenvalue weighted by Crippen LogP contribution is 2.10. The van der Waals surface area contributed by atoms with Crippen LogP contribution in [0.15, 0.2) is 12.5 Å². The second-order valence-corrected chi connectivity index (χ2v) is 4.72. The zero-order chi connectivity index (χ0) is 12.1. The molecule has 0 spiro atoms. The van der Waals surface area contributed by atoms with Crippen LogP contribution in [0.4, 0.5) is 0 Å². The molecule has 2 atom stereocenters. The zero-order valence-corrected chi connectivity index (χ0v) is 10.5. The summed E-state index contributed by atoms with van der Waals surface area (Å²) in [5.74, 6) is -0.208. The lowest BCUT2D eigenvalue weighted by Crippen LogP contribution is -2.41. The second-order valence-electron chi connectivity index (χ2n) is 3.64. The minimum atomic E-state index is -0.208. The number of aryl methyl sites for hydroxylation is 1. The van der Waals surface area contributed by atoms with E-state index in [-0.39, 0.29) is 23.8 Å². The number of rotatable bonds is 5. The molecule has 2 unspecified atom stereocenters. The lowest BCUT2D eigenvalue weighted by molar-refractivity contribution is 0.0931. The molecule has 1 aromatic rings. The molecular formula is C10H17N3O2S. The van der Waals surface area contributed by atoms with Crippen LogP contribution in [0.3, 0.4) is 0 Å². The van der Waals surface area contributed by atoms with Crippen LogP contribution in [-0.2, 0) is 7.05 Å². The smallest absolute Gasteiger partial charge is 0.271 e. The van der Waals surface area contributed by atoms with Gasteiger partial charge in [0.1, 0.15) is 5.69 Å². The van der Waals surface area contributed by atoms with Crippen molar-refractivity contribution in [2.75, 3.05) is 12.9 Å². The van der Waals surface area contributed by atoms with Gasteiger partial charge in [-0.3, -0.25) is 4.79 Å². The third kappa shape index (κ3) is 3.24. The van der Waals surface area contributed by atoms with E-state index < -0.39 is 0 Å². The molecule has 0 saturated heterocycles. The fraction of sp³-hybridized carbons (Fsp3) is 0.600. The van der Waals surface area contributed by atoms with Crippen molar-refractivity contribution in [1.82, 2.24) is 14.9 Å². The van der Waals surface area contributed by atoms with Gasteiger partial charge in [0.25, 0.3) is 5.91 Å². The Morgan fingerprint density at radius 2 is 2.44 bits per heavy atom. The largest absolute Gasteiger partial charge is 0.395 e. The fourth-order valence-electron chi connectivity index (χ4n) is 1.34. The molecule has 0 bridgehead atoms. The number of imidazole rings is 1. The molecule has 0 aliphatic heterocycles. The van der Waals surface area contributed by atoms with Crippen molar-refractivity contribution < 1.29 is 9.90 Å². The molecule has 1 heterocycles. The van der Waals surface area contributed by atoms with E-state index in [2.05, 4.69) is 10.3 Å². The Hall–Kier alpha value is -1.01. The van der Waals surface area contributed by atoms with E-state index in [0.29, 0.717) is 5.69 Å². The predicted molar refractivity (Wildman–Crippen MR) is 64.5 cm³/mol. The SMILES string of the molecule is CSC(CO)C(C)NC(=O)c1cn(C)cn1. The summed E-state index contributed by atoms with van der Waals surface area (Å²) in [6.07, 6.45) is 5.15. The molecule has 1 amide bonds. The van der Waals surface area contributed by atoms with E-state index in [1.54, 1.807) is 17.1 Å². The lowest BCUT2D eigenvalue weighted by Gasteiger charge is -2.20. The Morgan fingerprint density at radius 1 is 1.75 bits per heavy atom. The number of aliphatic hydroxyl groups excluding tert-OH is 1. The lowest BCUT2D eigenvalue weighted by atomic mass is 10.2. The van der Waals surface area contributed by atoms with Gasteiger partial charge in [-0.15, -0.1) is 0 Å². The van der Waals surface area contributed by atoms with Crippen molar-refractivity contribution in [3.8, 4) is 0 Å². The van der Waals surface area contributed by atoms with Gasteiger partial charge in [-0.25, -0.2) is 4.98 Å². The van der Waals surface area contributed by atoms with Crippen molar-refractivity contribution in [1.29, 1.82) is 0 Å². The Bertz CT molecular complexity index is 350. The van der Waals surface area contributed by atoms with Crippen LogP contribution in [0.2, 0.25) is 0 Å². The first-order valence-corrected chi connectivity index (χ1v) is 6.29. The summed E-state index contributed by atoms with van der Waals surface area (Å²) in [4.78, 5) is 15.7. The summed E-state index contributed by atoms with van der Waals surface area (Å²) in [5, 5.41) is 11.9. The standard InChI is InChI=1S/C10H17N3O2S/c1-7(9(5-14)16-3)12-10(15)8-4-13(2)6-11-8/h4,6-7,9,14H,5H2,1-3H3,(H,12,15). The highest BCUT2D eigenvalue weighted by atomic mass is 32.2. The Kier molecular flexibility index (Phi) is 4.82. The maximum absolute atomic E-state index is 11.7. The summed E-state index contributed by atoms with van der Waals surface area (Å²) in [6.45, 7) is 1.92. The van der Waals surface area contributed by atoms with Crippen molar-refractivity contribution in [2.45, 2.75) is 18.2 Å². The Morgan fingerprint density at radius 3 is 2.88 bits per heavy atom. The number of hydrogen-bond acceptors (Lipinski definition) is 4. The van der Waals surface area contributed by atoms with Gasteiger partial charge >= 0.3 is 0 Å². The van der Waals surface area contributed by atoms with E-state index in [4.69, 9.17) is 5.11 Å². The van der Waals surface area contributed by atoms with Gasteiger partial charge in [-0.05, 0) is 13.2 Å². The van der Waals surface area contributed by atoms with Gasteiger partial charge in [0.15, 0.2) is 0 Å². The van der Waals surface area contributed by atoms with Gasteiger partial charge in [0, 0.05) is 24.5 Å². The molecule has 0 aromatic carbocycles. The fourth-order valence-corrected chi connectivity index (χ4v) is 1.97. The van der Waals surface area contributed by atoms with E-state index in [0.717, 1.165) is 0 Å². The van der Waals surface area contributed by atoms with E-state index >= 15 is 0 Å². The second kappa shape index (κ2) is 5.91. The van der Waals surface area contributed by atoms with Crippen molar-refractivity contribution in [2.24, 2.45) is 7.05 Å². The highest BCUT2D eigenvalue weighted by molar-refractivity contribution is 7.99. The maximum Gasteiger partial charge on any atom is 0.271 e. The third-order valence-electron chi connectivity index (χ3n) is 2.34. The molecule has 2 N–H and O–H groups in total. The first-order valence-electron chi connectivity index (χ1n) is 5.01. The number of aliphatic hydroxyl groups is 1. The number of carbonyl (C=O) groups excluding carboxylic acids is 1. The minimum absolute atomic E-state index is 0.00709. The molecule has 0 aliphatic rings. The quantitative estimate of drug-likeness (QED) is 0.778. The van der Waals surface area contributed by atoms with Crippen molar-refractivity contribution >= 4 is 17.7 Å². The van der Waals surface area contributed by atoms with Crippen LogP contribution in [0, 0.1) is 0 Å². The zero-order valence-electron chi connectivity index (χ0n) is 9.67. The van der Waals surface area contributed by atoms with E-state index in [1.807, 2.05) is 20.2 Å². The van der Waals surface area contributed by atoms with Crippen molar-refractivity contribution in [3.05, 3.63) is 18.2 Å². The molecular weight excluding hydrogens is 226 g/mol. The molecule has 1 rings (SSSR count). The highest BCUT2D eigenvalue weighted by Gasteiger charge is 2.18. The first-order chi connectivity index (χ1) is 7.58. The monoisotopic (exact) mass is 243 g/mol. The normalized spacial score (nSPS) is 14.5. The molecule has 0 radical (unpaired) electrons. The summed E-state index contributed by atoms with van der Waals surface area (Å²) < 4.78 is 1.72. The molecule has 5 nitrogen and oxygen atoms in total. The number of aromatic nitrogens is 2. The molecule has 0 saturated carbocycles. The number of nitrogens with zero attached hydrogens (tertiary/aromatic N) is 2. The number of thioether (sulfide) groups is 1. The van der Waals surface area contributed by atoms with Crippen LogP contribution < -0.4 is 5.32 Å². The topological polar surface area (TPSA) is 67.2 Å². The van der Waals surface area contributed by atoms with Gasteiger partial charge < -0.3 is 15.0 Å². The molecule has 1 aromatic heterocycles. The number of carbonyl (C=O) groups is 1. The Labute approximate surface area is 99.3 Å². The molecule has 0 aliphatic carbocycles. The Balaban J connectivity index is 2.57. The number of nitrogens with one attached hydrogen (secondary N) is 1. The summed E-state index contributed by atoms with van der Waals surface area (Å²) in [5.41, 5.74) is 0.396. The van der Waals surface area contributed by atoms with Gasteiger partial charge in [0.05, 0.1) is 12.9 Å². The van der Waals surface area contributed by atoms with Crippen LogP contribution in [0.5, 0.6) is 0 Å². The van der Waals surface area contributed by atoms with Crippen LogP contribution in [-0.4, -0.2) is 44.7 Å². The van der Waals surface area contributed by atoms with Crippen molar-refractivity contribution in [3.63, 3.8) is 0 Å². The molecule has 16 heavy (non-hydrogen) atoms. The minimum Gasteiger partial charge on any atom is -0.395 e. The summed E-state index contributed by atoms with van der Waals surface area (Å²) >= 11 is 1.53. The number of amides is 1. The number of hydrogen-bond donors (Lipinski definition) is 2. The van der Waals surface area contributed by atoms with Crippen LogP contribution in [0.1, 0.15) is 17.4 Å². The summed E-state index contributed by atoms with van der Waals surface area (Å²) in [6, 6.07) is -0.0884. The van der Waals surface area contributed by atoms with Crippen LogP contribution in [0.25, 0.3) is 0 Å². The van der Waals surface area contributed by atoms with Gasteiger partial charge in [-0.1, -0.05) is 0 Å². The predicted octanol–water partition coefficient (Wildman–Crippen LogP) is 0.262. The van der Waals surface area contributed by atoms with Gasteiger partial charge in [-0.2, -0.15) is 11.8 Å². The maximum atomic E-state index is 11.7. The van der Waals surface area contributed by atoms with Gasteiger partial charge in [0.2, 0.25) is 0 Å². The molecule has 90 valence electrons. The molecule has 0 fully saturated rings. The molecule has 6 heteroatoms.